The minimum atomic E-state index is 0. The Hall–Kier alpha value is -0.500. The SMILES string of the molecule is COc1c(Br)cccc1CCN=C(N)N1CCCCCC1.I. The van der Waals surface area contributed by atoms with Crippen LogP contribution in [0.1, 0.15) is 31.2 Å². The largest absolute Gasteiger partial charge is 0.495 e. The lowest BCUT2D eigenvalue weighted by molar-refractivity contribution is 0.407. The summed E-state index contributed by atoms with van der Waals surface area (Å²) in [5.74, 6) is 1.58. The van der Waals surface area contributed by atoms with Crippen LogP contribution < -0.4 is 10.5 Å². The maximum atomic E-state index is 6.12. The van der Waals surface area contributed by atoms with Gasteiger partial charge in [-0.15, -0.1) is 24.0 Å². The molecule has 0 saturated carbocycles. The molecule has 2 rings (SSSR count). The van der Waals surface area contributed by atoms with Gasteiger partial charge in [-0.25, -0.2) is 0 Å². The maximum absolute atomic E-state index is 6.12. The molecule has 4 nitrogen and oxygen atoms in total. The maximum Gasteiger partial charge on any atom is 0.191 e. The van der Waals surface area contributed by atoms with Crippen LogP contribution >= 0.6 is 39.9 Å². The van der Waals surface area contributed by atoms with Crippen molar-refractivity contribution in [1.29, 1.82) is 0 Å². The smallest absolute Gasteiger partial charge is 0.191 e. The summed E-state index contributed by atoms with van der Waals surface area (Å²) in [4.78, 5) is 6.75. The van der Waals surface area contributed by atoms with Gasteiger partial charge in [0.25, 0.3) is 0 Å². The molecule has 0 amide bonds. The number of nitrogens with zero attached hydrogens (tertiary/aromatic N) is 2. The third-order valence-corrected chi connectivity index (χ3v) is 4.46. The zero-order valence-corrected chi connectivity index (χ0v) is 17.0. The molecule has 0 radical (unpaired) electrons. The quantitative estimate of drug-likeness (QED) is 0.404. The molecule has 1 saturated heterocycles. The van der Waals surface area contributed by atoms with Crippen molar-refractivity contribution in [3.63, 3.8) is 0 Å². The van der Waals surface area contributed by atoms with Gasteiger partial charge in [0, 0.05) is 19.6 Å². The number of halogens is 2. The average Bonchev–Trinajstić information content (AvgIpc) is 2.76. The van der Waals surface area contributed by atoms with Crippen LogP contribution in [-0.2, 0) is 6.42 Å². The second-order valence-corrected chi connectivity index (χ2v) is 6.18. The highest BCUT2D eigenvalue weighted by Gasteiger charge is 2.11. The Morgan fingerprint density at radius 1 is 1.27 bits per heavy atom. The summed E-state index contributed by atoms with van der Waals surface area (Å²) in [5, 5.41) is 0. The number of aliphatic imine (C=N–C) groups is 1. The van der Waals surface area contributed by atoms with Gasteiger partial charge in [0.05, 0.1) is 11.6 Å². The summed E-state index contributed by atoms with van der Waals surface area (Å²) >= 11 is 3.51. The fourth-order valence-corrected chi connectivity index (χ4v) is 3.24. The summed E-state index contributed by atoms with van der Waals surface area (Å²) in [6.45, 7) is 2.76. The Bertz CT molecular complexity index is 488. The average molecular weight is 482 g/mol. The number of hydrogen-bond acceptors (Lipinski definition) is 2. The Morgan fingerprint density at radius 2 is 1.95 bits per heavy atom. The number of benzene rings is 1. The van der Waals surface area contributed by atoms with E-state index in [4.69, 9.17) is 10.5 Å². The summed E-state index contributed by atoms with van der Waals surface area (Å²) in [6.07, 6.45) is 5.88. The zero-order chi connectivity index (χ0) is 15.1. The number of rotatable bonds is 4. The molecule has 6 heteroatoms. The lowest BCUT2D eigenvalue weighted by atomic mass is 10.1. The normalized spacial score (nSPS) is 15.9. The lowest BCUT2D eigenvalue weighted by Gasteiger charge is -2.21. The van der Waals surface area contributed by atoms with Crippen LogP contribution in [0.2, 0.25) is 0 Å². The van der Waals surface area contributed by atoms with E-state index in [2.05, 4.69) is 31.9 Å². The first-order chi connectivity index (χ1) is 10.2. The second-order valence-electron chi connectivity index (χ2n) is 5.32. The highest BCUT2D eigenvalue weighted by Crippen LogP contribution is 2.28. The molecular formula is C16H25BrIN3O. The number of methoxy groups -OCH3 is 1. The molecule has 0 aliphatic carbocycles. The minimum Gasteiger partial charge on any atom is -0.495 e. The van der Waals surface area contributed by atoms with Crippen LogP contribution in [0.25, 0.3) is 0 Å². The molecule has 0 bridgehead atoms. The molecular weight excluding hydrogens is 457 g/mol. The summed E-state index contributed by atoms with van der Waals surface area (Å²) in [5.41, 5.74) is 7.27. The van der Waals surface area contributed by atoms with E-state index in [-0.39, 0.29) is 24.0 Å². The minimum absolute atomic E-state index is 0. The predicted octanol–water partition coefficient (Wildman–Crippen LogP) is 3.81. The van der Waals surface area contributed by atoms with Crippen molar-refractivity contribution in [1.82, 2.24) is 4.90 Å². The van der Waals surface area contributed by atoms with Gasteiger partial charge in [-0.1, -0.05) is 25.0 Å². The Morgan fingerprint density at radius 3 is 2.59 bits per heavy atom. The molecule has 1 aromatic rings. The van der Waals surface area contributed by atoms with E-state index in [1.165, 1.54) is 25.7 Å². The van der Waals surface area contributed by atoms with Gasteiger partial charge in [-0.05, 0) is 46.8 Å². The Kier molecular flexibility index (Phi) is 9.16. The zero-order valence-electron chi connectivity index (χ0n) is 13.1. The van der Waals surface area contributed by atoms with E-state index in [0.29, 0.717) is 12.5 Å². The number of nitrogens with two attached hydrogens (primary N) is 1. The molecule has 2 N–H and O–H groups in total. The number of hydrogen-bond donors (Lipinski definition) is 1. The standard InChI is InChI=1S/C16H24BrN3O.HI/c1-21-15-13(7-6-8-14(15)17)9-10-19-16(18)20-11-4-2-3-5-12-20;/h6-8H,2-5,9-12H2,1H3,(H2,18,19);1H. The van der Waals surface area contributed by atoms with Gasteiger partial charge < -0.3 is 15.4 Å². The summed E-state index contributed by atoms with van der Waals surface area (Å²) < 4.78 is 6.41. The molecule has 0 unspecified atom stereocenters. The van der Waals surface area contributed by atoms with Gasteiger partial charge in [0.1, 0.15) is 5.75 Å². The molecule has 0 atom stereocenters. The molecule has 0 spiro atoms. The second kappa shape index (κ2) is 10.3. The van der Waals surface area contributed by atoms with E-state index >= 15 is 0 Å². The van der Waals surface area contributed by atoms with Gasteiger partial charge >= 0.3 is 0 Å². The van der Waals surface area contributed by atoms with E-state index < -0.39 is 0 Å². The molecule has 124 valence electrons. The Labute approximate surface area is 158 Å². The molecule has 1 heterocycles. The van der Waals surface area contributed by atoms with Crippen molar-refractivity contribution < 1.29 is 4.74 Å². The number of ether oxygens (including phenoxy) is 1. The summed E-state index contributed by atoms with van der Waals surface area (Å²) in [7, 11) is 1.69. The van der Waals surface area contributed by atoms with Gasteiger partial charge in [0.2, 0.25) is 0 Å². The van der Waals surface area contributed by atoms with E-state index in [1.54, 1.807) is 7.11 Å². The first kappa shape index (κ1) is 19.5. The van der Waals surface area contributed by atoms with Crippen molar-refractivity contribution in [3.05, 3.63) is 28.2 Å². The third kappa shape index (κ3) is 5.61. The topological polar surface area (TPSA) is 50.9 Å². The number of guanidine groups is 1. The monoisotopic (exact) mass is 481 g/mol. The molecule has 1 aromatic carbocycles. The highest BCUT2D eigenvalue weighted by molar-refractivity contribution is 14.0. The van der Waals surface area contributed by atoms with Crippen molar-refractivity contribution in [2.45, 2.75) is 32.1 Å². The van der Waals surface area contributed by atoms with Crippen LogP contribution in [0, 0.1) is 0 Å². The number of likely N-dealkylation sites (tertiary alicyclic amines) is 1. The summed E-state index contributed by atoms with van der Waals surface area (Å²) in [6, 6.07) is 6.07. The van der Waals surface area contributed by atoms with Crippen LogP contribution in [0.5, 0.6) is 5.75 Å². The van der Waals surface area contributed by atoms with Crippen LogP contribution in [-0.4, -0.2) is 37.6 Å². The molecule has 22 heavy (non-hydrogen) atoms. The molecule has 0 aromatic heterocycles. The van der Waals surface area contributed by atoms with E-state index in [9.17, 15) is 0 Å². The van der Waals surface area contributed by atoms with Crippen molar-refractivity contribution in [2.75, 3.05) is 26.7 Å². The van der Waals surface area contributed by atoms with Crippen molar-refractivity contribution in [2.24, 2.45) is 10.7 Å². The molecule has 1 aliphatic rings. The van der Waals surface area contributed by atoms with Crippen molar-refractivity contribution >= 4 is 45.9 Å². The van der Waals surface area contributed by atoms with Gasteiger partial charge in [-0.2, -0.15) is 0 Å². The fourth-order valence-electron chi connectivity index (χ4n) is 2.67. The third-order valence-electron chi connectivity index (χ3n) is 3.84. The van der Waals surface area contributed by atoms with Crippen LogP contribution in [0.4, 0.5) is 0 Å². The first-order valence-electron chi connectivity index (χ1n) is 7.58. The van der Waals surface area contributed by atoms with Crippen LogP contribution in [0.3, 0.4) is 0 Å². The van der Waals surface area contributed by atoms with Crippen molar-refractivity contribution in [3.8, 4) is 5.75 Å². The first-order valence-corrected chi connectivity index (χ1v) is 8.38. The van der Waals surface area contributed by atoms with E-state index in [1.807, 2.05) is 12.1 Å². The molecule has 1 aliphatic heterocycles. The fraction of sp³-hybridized carbons (Fsp3) is 0.562. The molecule has 1 fully saturated rings. The van der Waals surface area contributed by atoms with E-state index in [0.717, 1.165) is 35.3 Å². The lowest BCUT2D eigenvalue weighted by Crippen LogP contribution is -2.38. The van der Waals surface area contributed by atoms with Gasteiger partial charge in [-0.3, -0.25) is 4.99 Å². The number of para-hydroxylation sites is 1. The van der Waals surface area contributed by atoms with Crippen LogP contribution in [0.15, 0.2) is 27.7 Å². The highest BCUT2D eigenvalue weighted by atomic mass is 127. The van der Waals surface area contributed by atoms with Gasteiger partial charge in [0.15, 0.2) is 5.96 Å². The Balaban J connectivity index is 0.00000242. The predicted molar refractivity (Wildman–Crippen MR) is 106 cm³/mol.